The van der Waals surface area contributed by atoms with E-state index in [1.54, 1.807) is 0 Å². The Labute approximate surface area is 140 Å². The SMILES string of the molecule is CCCNC(Cc1cncc(Br)c1)c1ccc(Cl)cc1C. The number of pyridine rings is 1. The Morgan fingerprint density at radius 1 is 1.29 bits per heavy atom. The minimum atomic E-state index is 0.276. The fraction of sp³-hybridized carbons (Fsp3) is 0.353. The van der Waals surface area contributed by atoms with Crippen LogP contribution in [0.5, 0.6) is 0 Å². The first-order valence-electron chi connectivity index (χ1n) is 7.19. The number of halogens is 2. The first-order chi connectivity index (χ1) is 10.1. The molecule has 0 spiro atoms. The summed E-state index contributed by atoms with van der Waals surface area (Å²) in [5, 5.41) is 4.41. The van der Waals surface area contributed by atoms with E-state index in [4.69, 9.17) is 11.6 Å². The highest BCUT2D eigenvalue weighted by Gasteiger charge is 2.14. The third-order valence-corrected chi connectivity index (χ3v) is 4.12. The summed E-state index contributed by atoms with van der Waals surface area (Å²) >= 11 is 9.55. The van der Waals surface area contributed by atoms with Crippen LogP contribution in [0.15, 0.2) is 41.1 Å². The molecule has 0 saturated heterocycles. The molecule has 1 aromatic heterocycles. The van der Waals surface area contributed by atoms with E-state index in [0.29, 0.717) is 0 Å². The largest absolute Gasteiger partial charge is 0.310 e. The molecule has 0 saturated carbocycles. The molecule has 0 amide bonds. The molecule has 0 aliphatic heterocycles. The third-order valence-electron chi connectivity index (χ3n) is 3.45. The topological polar surface area (TPSA) is 24.9 Å². The summed E-state index contributed by atoms with van der Waals surface area (Å²) < 4.78 is 1.02. The summed E-state index contributed by atoms with van der Waals surface area (Å²) in [6.07, 6.45) is 5.76. The highest BCUT2D eigenvalue weighted by molar-refractivity contribution is 9.10. The van der Waals surface area contributed by atoms with Gasteiger partial charge in [0.05, 0.1) is 0 Å². The zero-order valence-electron chi connectivity index (χ0n) is 12.4. The number of aryl methyl sites for hydroxylation is 1. The molecular weight excluding hydrogens is 348 g/mol. The van der Waals surface area contributed by atoms with Gasteiger partial charge >= 0.3 is 0 Å². The molecule has 2 rings (SSSR count). The normalized spacial score (nSPS) is 12.4. The lowest BCUT2D eigenvalue weighted by Crippen LogP contribution is -2.24. The van der Waals surface area contributed by atoms with Crippen molar-refractivity contribution >= 4 is 27.5 Å². The van der Waals surface area contributed by atoms with E-state index in [1.165, 1.54) is 16.7 Å². The molecule has 0 bridgehead atoms. The molecule has 2 aromatic rings. The van der Waals surface area contributed by atoms with Crippen LogP contribution >= 0.6 is 27.5 Å². The van der Waals surface area contributed by atoms with Crippen molar-refractivity contribution in [2.45, 2.75) is 32.7 Å². The quantitative estimate of drug-likeness (QED) is 0.769. The molecule has 1 atom stereocenters. The second-order valence-corrected chi connectivity index (χ2v) is 6.58. The van der Waals surface area contributed by atoms with Crippen molar-refractivity contribution in [1.29, 1.82) is 0 Å². The molecule has 1 aromatic carbocycles. The van der Waals surface area contributed by atoms with Crippen LogP contribution in [0.25, 0.3) is 0 Å². The lowest BCUT2D eigenvalue weighted by Gasteiger charge is -2.21. The fourth-order valence-electron chi connectivity index (χ4n) is 2.44. The average Bonchev–Trinajstić information content (AvgIpc) is 2.44. The first-order valence-corrected chi connectivity index (χ1v) is 8.36. The van der Waals surface area contributed by atoms with Crippen molar-refractivity contribution < 1.29 is 0 Å². The number of hydrogen-bond donors (Lipinski definition) is 1. The molecule has 1 N–H and O–H groups in total. The minimum Gasteiger partial charge on any atom is -0.310 e. The standard InChI is InChI=1S/C17H20BrClN2/c1-3-6-21-17(9-13-8-14(18)11-20-10-13)16-5-4-15(19)7-12(16)2/h4-5,7-8,10-11,17,21H,3,6,9H2,1-2H3. The molecule has 0 aliphatic carbocycles. The molecule has 21 heavy (non-hydrogen) atoms. The van der Waals surface area contributed by atoms with Crippen molar-refractivity contribution in [1.82, 2.24) is 10.3 Å². The molecule has 0 radical (unpaired) electrons. The van der Waals surface area contributed by atoms with Gasteiger partial charge in [-0.25, -0.2) is 0 Å². The number of hydrogen-bond acceptors (Lipinski definition) is 2. The van der Waals surface area contributed by atoms with Crippen molar-refractivity contribution in [3.05, 3.63) is 62.8 Å². The van der Waals surface area contributed by atoms with Crippen LogP contribution in [0.2, 0.25) is 5.02 Å². The molecule has 1 unspecified atom stereocenters. The maximum atomic E-state index is 6.07. The summed E-state index contributed by atoms with van der Waals surface area (Å²) in [7, 11) is 0. The molecule has 4 heteroatoms. The summed E-state index contributed by atoms with van der Waals surface area (Å²) in [6, 6.07) is 8.51. The van der Waals surface area contributed by atoms with Gasteiger partial charge in [-0.1, -0.05) is 24.6 Å². The minimum absolute atomic E-state index is 0.276. The van der Waals surface area contributed by atoms with Gasteiger partial charge in [0.1, 0.15) is 0 Å². The lowest BCUT2D eigenvalue weighted by molar-refractivity contribution is 0.526. The Morgan fingerprint density at radius 3 is 2.76 bits per heavy atom. The molecule has 2 nitrogen and oxygen atoms in total. The van der Waals surface area contributed by atoms with Gasteiger partial charge in [0.15, 0.2) is 0 Å². The van der Waals surface area contributed by atoms with Gasteiger partial charge in [-0.15, -0.1) is 0 Å². The Morgan fingerprint density at radius 2 is 2.10 bits per heavy atom. The molecular formula is C17H20BrClN2. The summed E-state index contributed by atoms with van der Waals surface area (Å²) in [5.74, 6) is 0. The maximum absolute atomic E-state index is 6.07. The van der Waals surface area contributed by atoms with Gasteiger partial charge in [0.2, 0.25) is 0 Å². The fourth-order valence-corrected chi connectivity index (χ4v) is 3.08. The predicted octanol–water partition coefficient (Wildman–Crippen LogP) is 5.09. The Kier molecular flexibility index (Phi) is 6.22. The van der Waals surface area contributed by atoms with Crippen molar-refractivity contribution in [2.75, 3.05) is 6.54 Å². The van der Waals surface area contributed by atoms with Crippen LogP contribution in [0.4, 0.5) is 0 Å². The number of nitrogens with zero attached hydrogens (tertiary/aromatic N) is 1. The average molecular weight is 368 g/mol. The molecule has 0 fully saturated rings. The van der Waals surface area contributed by atoms with E-state index >= 15 is 0 Å². The van der Waals surface area contributed by atoms with E-state index in [2.05, 4.69) is 52.2 Å². The van der Waals surface area contributed by atoms with Crippen LogP contribution < -0.4 is 5.32 Å². The van der Waals surface area contributed by atoms with Gasteiger partial charge in [0, 0.05) is 27.9 Å². The van der Waals surface area contributed by atoms with E-state index < -0.39 is 0 Å². The second kappa shape index (κ2) is 7.92. The highest BCUT2D eigenvalue weighted by Crippen LogP contribution is 2.25. The van der Waals surface area contributed by atoms with E-state index in [-0.39, 0.29) is 6.04 Å². The second-order valence-electron chi connectivity index (χ2n) is 5.22. The number of rotatable bonds is 6. The van der Waals surface area contributed by atoms with Crippen LogP contribution in [-0.2, 0) is 6.42 Å². The van der Waals surface area contributed by atoms with Crippen LogP contribution in [0.1, 0.15) is 36.1 Å². The van der Waals surface area contributed by atoms with Gasteiger partial charge in [-0.05, 0) is 77.1 Å². The van der Waals surface area contributed by atoms with Gasteiger partial charge in [0.25, 0.3) is 0 Å². The number of aromatic nitrogens is 1. The van der Waals surface area contributed by atoms with Crippen LogP contribution in [-0.4, -0.2) is 11.5 Å². The summed E-state index contributed by atoms with van der Waals surface area (Å²) in [4.78, 5) is 4.25. The van der Waals surface area contributed by atoms with E-state index in [1.807, 2.05) is 24.5 Å². The van der Waals surface area contributed by atoms with Gasteiger partial charge in [-0.2, -0.15) is 0 Å². The number of nitrogens with one attached hydrogen (secondary N) is 1. The van der Waals surface area contributed by atoms with Crippen molar-refractivity contribution in [2.24, 2.45) is 0 Å². The zero-order chi connectivity index (χ0) is 15.2. The summed E-state index contributed by atoms with van der Waals surface area (Å²) in [5.41, 5.74) is 3.74. The smallest absolute Gasteiger partial charge is 0.0410 e. The maximum Gasteiger partial charge on any atom is 0.0410 e. The Balaban J connectivity index is 2.25. The van der Waals surface area contributed by atoms with Gasteiger partial charge < -0.3 is 5.32 Å². The highest BCUT2D eigenvalue weighted by atomic mass is 79.9. The van der Waals surface area contributed by atoms with E-state index in [0.717, 1.165) is 28.9 Å². The lowest BCUT2D eigenvalue weighted by atomic mass is 9.96. The molecule has 1 heterocycles. The Bertz CT molecular complexity index is 601. The monoisotopic (exact) mass is 366 g/mol. The van der Waals surface area contributed by atoms with Crippen LogP contribution in [0.3, 0.4) is 0 Å². The van der Waals surface area contributed by atoms with Crippen LogP contribution in [0, 0.1) is 6.92 Å². The molecule has 0 aliphatic rings. The zero-order valence-corrected chi connectivity index (χ0v) is 14.7. The van der Waals surface area contributed by atoms with Gasteiger partial charge in [-0.3, -0.25) is 4.98 Å². The van der Waals surface area contributed by atoms with E-state index in [9.17, 15) is 0 Å². The third kappa shape index (κ3) is 4.80. The van der Waals surface area contributed by atoms with Crippen molar-refractivity contribution in [3.63, 3.8) is 0 Å². The molecule has 112 valence electrons. The summed E-state index contributed by atoms with van der Waals surface area (Å²) in [6.45, 7) is 5.29. The number of benzene rings is 1. The first kappa shape index (κ1) is 16.5. The van der Waals surface area contributed by atoms with Crippen molar-refractivity contribution in [3.8, 4) is 0 Å². The Hall–Kier alpha value is -0.900. The predicted molar refractivity (Wildman–Crippen MR) is 92.9 cm³/mol.